The molecule has 0 aliphatic carbocycles. The van der Waals surface area contributed by atoms with Crippen LogP contribution in [0.1, 0.15) is 20.3 Å². The predicted molar refractivity (Wildman–Crippen MR) is 167 cm³/mol. The fourth-order valence-corrected chi connectivity index (χ4v) is 3.57. The largest absolute Gasteiger partial charge is 0.480 e. The van der Waals surface area contributed by atoms with E-state index in [-0.39, 0.29) is 0 Å². The number of aliphatic carboxylic acids is 1. The van der Waals surface area contributed by atoms with Crippen LogP contribution in [-0.4, -0.2) is 166 Å². The van der Waals surface area contributed by atoms with Gasteiger partial charge >= 0.3 is 5.97 Å². The van der Waals surface area contributed by atoms with Crippen LogP contribution in [0.25, 0.3) is 0 Å². The number of hydrogen-bond acceptors (Lipinski definition) is 15. The van der Waals surface area contributed by atoms with E-state index in [0.717, 1.165) is 13.8 Å². The second-order valence-electron chi connectivity index (χ2n) is 10.6. The zero-order valence-corrected chi connectivity index (χ0v) is 27.5. The van der Waals surface area contributed by atoms with E-state index in [9.17, 15) is 63.3 Å². The first-order chi connectivity index (χ1) is 23.8. The molecule has 7 atom stereocenters. The van der Waals surface area contributed by atoms with Gasteiger partial charge in [0.15, 0.2) is 0 Å². The Morgan fingerprint density at radius 3 is 1.49 bits per heavy atom. The molecule has 0 radical (unpaired) electrons. The zero-order chi connectivity index (χ0) is 39.4. The van der Waals surface area contributed by atoms with E-state index in [1.54, 1.807) is 0 Å². The van der Waals surface area contributed by atoms with E-state index in [1.807, 2.05) is 10.6 Å². The van der Waals surface area contributed by atoms with Crippen LogP contribution in [0.3, 0.4) is 0 Å². The lowest BCUT2D eigenvalue weighted by Gasteiger charge is -2.25. The molecule has 0 aromatic rings. The first-order valence-electron chi connectivity index (χ1n) is 14.9. The lowest BCUT2D eigenvalue weighted by atomic mass is 10.1. The lowest BCUT2D eigenvalue weighted by Crippen LogP contribution is -2.60. The number of aliphatic hydroxyl groups excluding tert-OH is 4. The molecule has 0 spiro atoms. The van der Waals surface area contributed by atoms with E-state index < -0.39 is 147 Å². The third kappa shape index (κ3) is 17.6. The summed E-state index contributed by atoms with van der Waals surface area (Å²) in [5.41, 5.74) is 10.5. The number of nitrogens with two attached hydrogens (primary N) is 2. The van der Waals surface area contributed by atoms with Crippen molar-refractivity contribution in [2.24, 2.45) is 11.5 Å². The Morgan fingerprint density at radius 1 is 0.569 bits per heavy atom. The standard InChI is InChI=1S/C26H44N10O15/c1-10(21(46)36-20(11(2)40)26(51)30-5-18(43)33-14(8-38)23(48)31-6-19(44)45)32-24(49)13(3-16(28)41)35-25(50)15(9-39)34-17(42)4-29-22(47)12(27)7-37/h10-15,20,37-40H,3-9,27H2,1-2H3,(H2,28,41)(H,29,47)(H,30,51)(H,31,48)(H,32,49)(H,33,43)(H,34,42)(H,35,50)(H,36,46)(H,44,45)/t10-,11+,12-,13-,14-,15-,20-/m0/s1. The van der Waals surface area contributed by atoms with Gasteiger partial charge in [-0.05, 0) is 13.8 Å². The molecule has 0 rings (SSSR count). The summed E-state index contributed by atoms with van der Waals surface area (Å²) >= 11 is 0. The van der Waals surface area contributed by atoms with Gasteiger partial charge in [-0.3, -0.25) is 47.9 Å². The van der Waals surface area contributed by atoms with Crippen LogP contribution >= 0.6 is 0 Å². The molecular weight excluding hydrogens is 692 g/mol. The van der Waals surface area contributed by atoms with E-state index >= 15 is 0 Å². The SMILES string of the molecule is C[C@H](NC(=O)[C@H](CC(N)=O)NC(=O)[C@H](CO)NC(=O)CNC(=O)[C@@H](N)CO)C(=O)N[C@H](C(=O)NCC(=O)N[C@@H](CO)C(=O)NCC(=O)O)[C@@H](C)O. The maximum Gasteiger partial charge on any atom is 0.322 e. The summed E-state index contributed by atoms with van der Waals surface area (Å²) in [7, 11) is 0. The fraction of sp³-hybridized carbons (Fsp3) is 0.615. The third-order valence-corrected chi connectivity index (χ3v) is 6.32. The minimum absolute atomic E-state index is 0.716. The summed E-state index contributed by atoms with van der Waals surface area (Å²) < 4.78 is 0. The van der Waals surface area contributed by atoms with Gasteiger partial charge < -0.3 is 79.5 Å². The summed E-state index contributed by atoms with van der Waals surface area (Å²) in [6.45, 7) is -2.79. The van der Waals surface area contributed by atoms with Gasteiger partial charge in [0, 0.05) is 0 Å². The van der Waals surface area contributed by atoms with Gasteiger partial charge in [0.05, 0.1) is 45.4 Å². The highest BCUT2D eigenvalue weighted by Gasteiger charge is 2.32. The molecule has 17 N–H and O–H groups in total. The molecule has 0 fully saturated rings. The van der Waals surface area contributed by atoms with Crippen molar-refractivity contribution in [2.45, 2.75) is 62.6 Å². The van der Waals surface area contributed by atoms with Crippen LogP contribution in [0.4, 0.5) is 0 Å². The zero-order valence-electron chi connectivity index (χ0n) is 27.5. The fourth-order valence-electron chi connectivity index (χ4n) is 3.57. The van der Waals surface area contributed by atoms with Crippen molar-refractivity contribution in [1.82, 2.24) is 42.5 Å². The van der Waals surface area contributed by atoms with Crippen molar-refractivity contribution in [3.05, 3.63) is 0 Å². The Hall–Kier alpha value is -5.50. The molecule has 288 valence electrons. The maximum atomic E-state index is 12.9. The van der Waals surface area contributed by atoms with Crippen molar-refractivity contribution in [1.29, 1.82) is 0 Å². The highest BCUT2D eigenvalue weighted by Crippen LogP contribution is 1.99. The number of primary amides is 1. The Kier molecular flexibility index (Phi) is 20.5. The topological polar surface area (TPSA) is 420 Å². The maximum absolute atomic E-state index is 12.9. The number of carboxylic acid groups (broad SMARTS) is 1. The molecule has 0 saturated heterocycles. The average Bonchev–Trinajstić information content (AvgIpc) is 3.06. The van der Waals surface area contributed by atoms with E-state index in [2.05, 4.69) is 31.9 Å². The molecule has 0 heterocycles. The van der Waals surface area contributed by atoms with Crippen molar-refractivity contribution >= 4 is 59.1 Å². The molecule has 0 aromatic heterocycles. The van der Waals surface area contributed by atoms with Crippen molar-refractivity contribution in [3.8, 4) is 0 Å². The number of aliphatic hydroxyl groups is 4. The molecule has 0 aliphatic heterocycles. The monoisotopic (exact) mass is 736 g/mol. The summed E-state index contributed by atoms with van der Waals surface area (Å²) in [5.74, 6) is -11.0. The molecule has 25 heteroatoms. The van der Waals surface area contributed by atoms with Crippen molar-refractivity contribution in [2.75, 3.05) is 39.5 Å². The Labute approximate surface area is 289 Å². The summed E-state index contributed by atoms with van der Waals surface area (Å²) in [5, 5.41) is 62.9. The predicted octanol–water partition coefficient (Wildman–Crippen LogP) is -10.6. The van der Waals surface area contributed by atoms with Gasteiger partial charge in [0.1, 0.15) is 42.8 Å². The van der Waals surface area contributed by atoms with Crippen LogP contribution in [-0.2, 0) is 47.9 Å². The minimum Gasteiger partial charge on any atom is -0.480 e. The lowest BCUT2D eigenvalue weighted by molar-refractivity contribution is -0.138. The molecule has 0 unspecified atom stereocenters. The van der Waals surface area contributed by atoms with Crippen LogP contribution in [0.15, 0.2) is 0 Å². The molecule has 25 nitrogen and oxygen atoms in total. The number of hydrogen-bond donors (Lipinski definition) is 15. The third-order valence-electron chi connectivity index (χ3n) is 6.32. The second kappa shape index (κ2) is 23.0. The van der Waals surface area contributed by atoms with Gasteiger partial charge in [-0.1, -0.05) is 0 Å². The van der Waals surface area contributed by atoms with E-state index in [4.69, 9.17) is 21.7 Å². The highest BCUT2D eigenvalue weighted by molar-refractivity contribution is 5.98. The van der Waals surface area contributed by atoms with Crippen LogP contribution in [0.2, 0.25) is 0 Å². The van der Waals surface area contributed by atoms with Crippen molar-refractivity contribution in [3.63, 3.8) is 0 Å². The normalized spacial score (nSPS) is 14.7. The van der Waals surface area contributed by atoms with Crippen LogP contribution in [0.5, 0.6) is 0 Å². The van der Waals surface area contributed by atoms with Crippen LogP contribution < -0.4 is 54.0 Å². The molecule has 51 heavy (non-hydrogen) atoms. The molecule has 0 saturated carbocycles. The molecule has 0 aliphatic rings. The molecule has 9 amide bonds. The number of nitrogens with one attached hydrogen (secondary N) is 8. The van der Waals surface area contributed by atoms with Crippen molar-refractivity contribution < 1.29 is 73.5 Å². The number of carbonyl (C=O) groups excluding carboxylic acids is 9. The summed E-state index contributed by atoms with van der Waals surface area (Å²) in [6, 6.07) is -9.61. The van der Waals surface area contributed by atoms with E-state index in [0.29, 0.717) is 0 Å². The number of carboxylic acids is 1. The summed E-state index contributed by atoms with van der Waals surface area (Å²) in [6.07, 6.45) is -2.41. The summed E-state index contributed by atoms with van der Waals surface area (Å²) in [4.78, 5) is 121. The molecule has 0 aromatic carbocycles. The number of rotatable bonds is 23. The second-order valence-corrected chi connectivity index (χ2v) is 10.6. The van der Waals surface area contributed by atoms with Gasteiger partial charge in [0.25, 0.3) is 0 Å². The van der Waals surface area contributed by atoms with Gasteiger partial charge in [-0.25, -0.2) is 0 Å². The quantitative estimate of drug-likeness (QED) is 0.0463. The van der Waals surface area contributed by atoms with E-state index in [1.165, 1.54) is 0 Å². The first kappa shape index (κ1) is 45.5. The number of carbonyl (C=O) groups is 10. The number of amides is 9. The Balaban J connectivity index is 5.35. The first-order valence-corrected chi connectivity index (χ1v) is 14.9. The Bertz CT molecular complexity index is 1300. The minimum atomic E-state index is -1.76. The molecular formula is C26H44N10O15. The van der Waals surface area contributed by atoms with Crippen LogP contribution in [0, 0.1) is 0 Å². The van der Waals surface area contributed by atoms with Gasteiger partial charge in [-0.2, -0.15) is 0 Å². The highest BCUT2D eigenvalue weighted by atomic mass is 16.4. The molecule has 0 bridgehead atoms. The van der Waals surface area contributed by atoms with Gasteiger partial charge in [0.2, 0.25) is 53.2 Å². The van der Waals surface area contributed by atoms with Gasteiger partial charge in [-0.15, -0.1) is 0 Å². The Morgan fingerprint density at radius 2 is 1.04 bits per heavy atom. The average molecular weight is 737 g/mol. The smallest absolute Gasteiger partial charge is 0.322 e.